The third-order valence-corrected chi connectivity index (χ3v) is 2.98. The van der Waals surface area contributed by atoms with Gasteiger partial charge in [0.05, 0.1) is 6.54 Å². The van der Waals surface area contributed by atoms with Crippen LogP contribution < -0.4 is 11.1 Å². The van der Waals surface area contributed by atoms with E-state index < -0.39 is 0 Å². The van der Waals surface area contributed by atoms with Crippen molar-refractivity contribution in [1.82, 2.24) is 5.32 Å². The highest BCUT2D eigenvalue weighted by atomic mass is 15.1. The molecule has 0 radical (unpaired) electrons. The van der Waals surface area contributed by atoms with Gasteiger partial charge in [-0.3, -0.25) is 0 Å². The molecule has 0 aliphatic heterocycles. The lowest BCUT2D eigenvalue weighted by molar-refractivity contribution is 0.349. The zero-order valence-electron chi connectivity index (χ0n) is 11.0. The van der Waals surface area contributed by atoms with E-state index in [9.17, 15) is 0 Å². The van der Waals surface area contributed by atoms with Crippen molar-refractivity contribution in [3.63, 3.8) is 0 Å². The Labute approximate surface area is 104 Å². The van der Waals surface area contributed by atoms with E-state index in [1.807, 2.05) is 30.3 Å². The number of nitrogens with two attached hydrogens (primary N) is 1. The van der Waals surface area contributed by atoms with Crippen LogP contribution >= 0.6 is 0 Å². The van der Waals surface area contributed by atoms with Crippen LogP contribution in [0.25, 0.3) is 0 Å². The van der Waals surface area contributed by atoms with Gasteiger partial charge in [-0.1, -0.05) is 51.1 Å². The largest absolute Gasteiger partial charge is 0.370 e. The molecular formula is C14H23N3. The average Bonchev–Trinajstić information content (AvgIpc) is 2.35. The fourth-order valence-corrected chi connectivity index (χ4v) is 1.27. The molecule has 0 bridgehead atoms. The summed E-state index contributed by atoms with van der Waals surface area (Å²) in [6.45, 7) is 8.09. The first-order chi connectivity index (χ1) is 8.03. The summed E-state index contributed by atoms with van der Waals surface area (Å²) < 4.78 is 0. The van der Waals surface area contributed by atoms with Gasteiger partial charge in [-0.2, -0.15) is 0 Å². The average molecular weight is 233 g/mol. The Morgan fingerprint density at radius 3 is 2.53 bits per heavy atom. The summed E-state index contributed by atoms with van der Waals surface area (Å²) >= 11 is 0. The van der Waals surface area contributed by atoms with E-state index in [0.717, 1.165) is 13.0 Å². The zero-order valence-corrected chi connectivity index (χ0v) is 11.0. The number of aliphatic imine (C=N–C) groups is 1. The van der Waals surface area contributed by atoms with Gasteiger partial charge in [0.25, 0.3) is 0 Å². The van der Waals surface area contributed by atoms with Crippen molar-refractivity contribution in [3.8, 4) is 0 Å². The van der Waals surface area contributed by atoms with Crippen molar-refractivity contribution in [3.05, 3.63) is 35.9 Å². The Morgan fingerprint density at radius 1 is 1.29 bits per heavy atom. The number of nitrogens with one attached hydrogen (secondary N) is 1. The molecule has 94 valence electrons. The fraction of sp³-hybridized carbons (Fsp3) is 0.500. The Morgan fingerprint density at radius 2 is 1.94 bits per heavy atom. The SMILES string of the molecule is CCC(C)(C)CNC(N)=NCc1ccccc1. The van der Waals surface area contributed by atoms with Crippen LogP contribution in [0, 0.1) is 5.41 Å². The van der Waals surface area contributed by atoms with Gasteiger partial charge in [-0.25, -0.2) is 4.99 Å². The topological polar surface area (TPSA) is 50.4 Å². The second-order valence-corrected chi connectivity index (χ2v) is 5.06. The second kappa shape index (κ2) is 6.28. The van der Waals surface area contributed by atoms with E-state index in [0.29, 0.717) is 12.5 Å². The predicted octanol–water partition coefficient (Wildman–Crippen LogP) is 2.53. The highest BCUT2D eigenvalue weighted by molar-refractivity contribution is 5.77. The molecule has 17 heavy (non-hydrogen) atoms. The Kier molecular flexibility index (Phi) is 5.01. The first kappa shape index (κ1) is 13.6. The minimum absolute atomic E-state index is 0.257. The van der Waals surface area contributed by atoms with Gasteiger partial charge >= 0.3 is 0 Å². The van der Waals surface area contributed by atoms with Crippen molar-refractivity contribution >= 4 is 5.96 Å². The second-order valence-electron chi connectivity index (χ2n) is 5.06. The van der Waals surface area contributed by atoms with Crippen LogP contribution in [0.4, 0.5) is 0 Å². The molecule has 3 heteroatoms. The third-order valence-electron chi connectivity index (χ3n) is 2.98. The number of hydrogen-bond donors (Lipinski definition) is 2. The molecule has 3 N–H and O–H groups in total. The minimum Gasteiger partial charge on any atom is -0.370 e. The fourth-order valence-electron chi connectivity index (χ4n) is 1.27. The molecule has 0 aliphatic rings. The molecular weight excluding hydrogens is 210 g/mol. The smallest absolute Gasteiger partial charge is 0.188 e. The first-order valence-electron chi connectivity index (χ1n) is 6.11. The molecule has 0 spiro atoms. The van der Waals surface area contributed by atoms with Gasteiger partial charge in [0, 0.05) is 6.54 Å². The Balaban J connectivity index is 2.40. The summed E-state index contributed by atoms with van der Waals surface area (Å²) in [6.07, 6.45) is 1.12. The number of guanidine groups is 1. The van der Waals surface area contributed by atoms with Crippen LogP contribution in [0.1, 0.15) is 32.8 Å². The zero-order chi connectivity index (χ0) is 12.7. The summed E-state index contributed by atoms with van der Waals surface area (Å²) in [5.41, 5.74) is 7.25. The maximum absolute atomic E-state index is 5.82. The predicted molar refractivity (Wildman–Crippen MR) is 73.8 cm³/mol. The van der Waals surface area contributed by atoms with Gasteiger partial charge in [-0.15, -0.1) is 0 Å². The molecule has 0 saturated carbocycles. The van der Waals surface area contributed by atoms with Crippen LogP contribution in [0.3, 0.4) is 0 Å². The molecule has 0 fully saturated rings. The standard InChI is InChI=1S/C14H23N3/c1-4-14(2,3)11-17-13(15)16-10-12-8-6-5-7-9-12/h5-9H,4,10-11H2,1-3H3,(H3,15,16,17). The molecule has 0 heterocycles. The molecule has 1 aromatic rings. The summed E-state index contributed by atoms with van der Waals surface area (Å²) in [7, 11) is 0. The molecule has 0 aliphatic carbocycles. The quantitative estimate of drug-likeness (QED) is 0.606. The normalized spacial score (nSPS) is 12.5. The third kappa shape index (κ3) is 5.38. The van der Waals surface area contributed by atoms with Gasteiger partial charge in [0.15, 0.2) is 5.96 Å². The van der Waals surface area contributed by atoms with E-state index in [4.69, 9.17) is 5.73 Å². The maximum Gasteiger partial charge on any atom is 0.188 e. The lowest BCUT2D eigenvalue weighted by atomic mass is 9.90. The minimum atomic E-state index is 0.257. The summed E-state index contributed by atoms with van der Waals surface area (Å²) in [4.78, 5) is 4.32. The van der Waals surface area contributed by atoms with Gasteiger partial charge in [0.1, 0.15) is 0 Å². The maximum atomic E-state index is 5.82. The van der Waals surface area contributed by atoms with Crippen molar-refractivity contribution in [2.45, 2.75) is 33.7 Å². The van der Waals surface area contributed by atoms with Gasteiger partial charge < -0.3 is 11.1 Å². The van der Waals surface area contributed by atoms with E-state index in [-0.39, 0.29) is 5.41 Å². The molecule has 0 amide bonds. The molecule has 0 aromatic heterocycles. The van der Waals surface area contributed by atoms with Crippen LogP contribution in [0.15, 0.2) is 35.3 Å². The van der Waals surface area contributed by atoms with E-state index in [1.54, 1.807) is 0 Å². The number of hydrogen-bond acceptors (Lipinski definition) is 1. The lowest BCUT2D eigenvalue weighted by Gasteiger charge is -2.23. The van der Waals surface area contributed by atoms with Crippen molar-refractivity contribution in [2.75, 3.05) is 6.54 Å². The highest BCUT2D eigenvalue weighted by Crippen LogP contribution is 2.17. The first-order valence-corrected chi connectivity index (χ1v) is 6.11. The Hall–Kier alpha value is -1.51. The van der Waals surface area contributed by atoms with E-state index in [1.165, 1.54) is 5.56 Å². The van der Waals surface area contributed by atoms with Gasteiger partial charge in [0.2, 0.25) is 0 Å². The number of rotatable bonds is 5. The monoisotopic (exact) mass is 233 g/mol. The lowest BCUT2D eigenvalue weighted by Crippen LogP contribution is -2.38. The Bertz CT molecular complexity index is 355. The van der Waals surface area contributed by atoms with Gasteiger partial charge in [-0.05, 0) is 17.4 Å². The van der Waals surface area contributed by atoms with Crippen LogP contribution in [-0.2, 0) is 6.54 Å². The molecule has 0 unspecified atom stereocenters. The van der Waals surface area contributed by atoms with Crippen molar-refractivity contribution in [2.24, 2.45) is 16.1 Å². The highest BCUT2D eigenvalue weighted by Gasteiger charge is 2.14. The van der Waals surface area contributed by atoms with Crippen molar-refractivity contribution < 1.29 is 0 Å². The number of benzene rings is 1. The number of nitrogens with zero attached hydrogens (tertiary/aromatic N) is 1. The molecule has 0 atom stereocenters. The molecule has 3 nitrogen and oxygen atoms in total. The molecule has 1 rings (SSSR count). The molecule has 1 aromatic carbocycles. The van der Waals surface area contributed by atoms with Crippen LogP contribution in [-0.4, -0.2) is 12.5 Å². The van der Waals surface area contributed by atoms with Crippen LogP contribution in [0.2, 0.25) is 0 Å². The van der Waals surface area contributed by atoms with E-state index >= 15 is 0 Å². The van der Waals surface area contributed by atoms with Crippen LogP contribution in [0.5, 0.6) is 0 Å². The summed E-state index contributed by atoms with van der Waals surface area (Å²) in [5.74, 6) is 0.523. The van der Waals surface area contributed by atoms with E-state index in [2.05, 4.69) is 31.1 Å². The van der Waals surface area contributed by atoms with Crippen molar-refractivity contribution in [1.29, 1.82) is 0 Å². The molecule has 0 saturated heterocycles. The summed E-state index contributed by atoms with van der Waals surface area (Å²) in [6, 6.07) is 10.1. The summed E-state index contributed by atoms with van der Waals surface area (Å²) in [5, 5.41) is 3.17.